The second-order valence-corrected chi connectivity index (χ2v) is 9.09. The summed E-state index contributed by atoms with van der Waals surface area (Å²) in [5, 5.41) is 22.2. The maximum atomic E-state index is 12.6. The number of hydrogen-bond donors (Lipinski definition) is 4. The fourth-order valence-corrected chi connectivity index (χ4v) is 4.57. The molecule has 0 aliphatic rings. The predicted molar refractivity (Wildman–Crippen MR) is 114 cm³/mol. The van der Waals surface area contributed by atoms with Gasteiger partial charge in [0.1, 0.15) is 11.5 Å². The molecule has 0 saturated carbocycles. The molecule has 0 bridgehead atoms. The molecule has 0 radical (unpaired) electrons. The van der Waals surface area contributed by atoms with Gasteiger partial charge in [0.2, 0.25) is 5.91 Å². The molecular formula is C20H26N2O3S2. The van der Waals surface area contributed by atoms with Crippen LogP contribution in [0.5, 0.6) is 11.5 Å². The van der Waals surface area contributed by atoms with Crippen LogP contribution in [0.2, 0.25) is 0 Å². The van der Waals surface area contributed by atoms with Crippen molar-refractivity contribution < 1.29 is 15.0 Å². The van der Waals surface area contributed by atoms with Crippen molar-refractivity contribution in [2.75, 3.05) is 24.6 Å². The van der Waals surface area contributed by atoms with Crippen molar-refractivity contribution in [3.05, 3.63) is 59.7 Å². The topological polar surface area (TPSA) is 95.6 Å². The predicted octanol–water partition coefficient (Wildman–Crippen LogP) is 3.25. The molecule has 5 nitrogen and oxygen atoms in total. The third-order valence-electron chi connectivity index (χ3n) is 4.32. The summed E-state index contributed by atoms with van der Waals surface area (Å²) < 4.78 is 0. The average Bonchev–Trinajstić information content (AvgIpc) is 2.65. The SMILES string of the molecule is CC(CC(=O)NCCSSCCN)(c1ccc(O)cc1)c1ccc(O)cc1. The molecule has 7 heteroatoms. The van der Waals surface area contributed by atoms with E-state index >= 15 is 0 Å². The van der Waals surface area contributed by atoms with E-state index in [1.54, 1.807) is 45.9 Å². The molecule has 2 aromatic carbocycles. The molecule has 0 fully saturated rings. The molecule has 0 heterocycles. The van der Waals surface area contributed by atoms with E-state index in [2.05, 4.69) is 5.32 Å². The minimum absolute atomic E-state index is 0.0388. The van der Waals surface area contributed by atoms with Crippen LogP contribution in [0.1, 0.15) is 24.5 Å². The van der Waals surface area contributed by atoms with E-state index in [0.717, 1.165) is 22.6 Å². The molecule has 0 aromatic heterocycles. The highest BCUT2D eigenvalue weighted by molar-refractivity contribution is 8.76. The van der Waals surface area contributed by atoms with Gasteiger partial charge in [-0.15, -0.1) is 0 Å². The van der Waals surface area contributed by atoms with Gasteiger partial charge in [0, 0.05) is 36.4 Å². The van der Waals surface area contributed by atoms with E-state index in [1.165, 1.54) is 0 Å². The standard InChI is InChI=1S/C20H26N2O3S2/c1-20(15-2-6-17(23)7-3-15,16-4-8-18(24)9-5-16)14-19(25)22-11-13-27-26-12-10-21/h2-9,23-24H,10-14,21H2,1H3,(H,22,25). The number of hydrogen-bond acceptors (Lipinski definition) is 6. The molecule has 27 heavy (non-hydrogen) atoms. The molecule has 0 aliphatic heterocycles. The van der Waals surface area contributed by atoms with Crippen LogP contribution in [-0.2, 0) is 10.2 Å². The summed E-state index contributed by atoms with van der Waals surface area (Å²) in [5.74, 6) is 2.05. The number of benzene rings is 2. The third kappa shape index (κ3) is 6.37. The van der Waals surface area contributed by atoms with Gasteiger partial charge in [-0.05, 0) is 35.4 Å². The van der Waals surface area contributed by atoms with Gasteiger partial charge < -0.3 is 21.3 Å². The summed E-state index contributed by atoms with van der Waals surface area (Å²) in [7, 11) is 3.41. The fourth-order valence-electron chi connectivity index (χ4n) is 2.81. The highest BCUT2D eigenvalue weighted by atomic mass is 33.1. The Bertz CT molecular complexity index is 676. The van der Waals surface area contributed by atoms with E-state index in [9.17, 15) is 15.0 Å². The summed E-state index contributed by atoms with van der Waals surface area (Å²) in [4.78, 5) is 12.6. The Morgan fingerprint density at radius 3 is 1.93 bits per heavy atom. The number of carbonyl (C=O) groups is 1. The number of amides is 1. The number of phenolic OH excluding ortho intramolecular Hbond substituents is 2. The maximum absolute atomic E-state index is 12.6. The van der Waals surface area contributed by atoms with Gasteiger partial charge in [0.05, 0.1) is 0 Å². The zero-order valence-corrected chi connectivity index (χ0v) is 17.0. The van der Waals surface area contributed by atoms with E-state index < -0.39 is 5.41 Å². The van der Waals surface area contributed by atoms with Crippen molar-refractivity contribution in [2.24, 2.45) is 5.73 Å². The highest BCUT2D eigenvalue weighted by Gasteiger charge is 2.31. The smallest absolute Gasteiger partial charge is 0.221 e. The molecule has 0 unspecified atom stereocenters. The monoisotopic (exact) mass is 406 g/mol. The summed E-state index contributed by atoms with van der Waals surface area (Å²) >= 11 is 0. The second kappa shape index (κ2) is 10.5. The van der Waals surface area contributed by atoms with Crippen LogP contribution in [0.15, 0.2) is 48.5 Å². The molecule has 146 valence electrons. The fraction of sp³-hybridized carbons (Fsp3) is 0.350. The molecule has 1 amide bonds. The van der Waals surface area contributed by atoms with Crippen LogP contribution in [0.3, 0.4) is 0 Å². The minimum Gasteiger partial charge on any atom is -0.508 e. The largest absolute Gasteiger partial charge is 0.508 e. The number of rotatable bonds is 10. The number of nitrogens with one attached hydrogen (secondary N) is 1. The van der Waals surface area contributed by atoms with Crippen LogP contribution < -0.4 is 11.1 Å². The van der Waals surface area contributed by atoms with Crippen molar-refractivity contribution in [1.29, 1.82) is 0 Å². The third-order valence-corrected chi connectivity index (χ3v) is 6.75. The van der Waals surface area contributed by atoms with Gasteiger partial charge in [0.25, 0.3) is 0 Å². The molecule has 5 N–H and O–H groups in total. The Balaban J connectivity index is 2.09. The lowest BCUT2D eigenvalue weighted by Gasteiger charge is -2.30. The Morgan fingerprint density at radius 1 is 0.963 bits per heavy atom. The highest BCUT2D eigenvalue weighted by Crippen LogP contribution is 2.36. The van der Waals surface area contributed by atoms with Gasteiger partial charge in [-0.2, -0.15) is 0 Å². The van der Waals surface area contributed by atoms with Crippen LogP contribution in [-0.4, -0.2) is 40.7 Å². The lowest BCUT2D eigenvalue weighted by molar-refractivity contribution is -0.121. The summed E-state index contributed by atoms with van der Waals surface area (Å²) in [6, 6.07) is 13.8. The van der Waals surface area contributed by atoms with Gasteiger partial charge in [-0.25, -0.2) is 0 Å². The van der Waals surface area contributed by atoms with Gasteiger partial charge >= 0.3 is 0 Å². The average molecular weight is 407 g/mol. The Hall–Kier alpha value is -1.83. The van der Waals surface area contributed by atoms with E-state index in [0.29, 0.717) is 13.1 Å². The van der Waals surface area contributed by atoms with E-state index in [-0.39, 0.29) is 23.8 Å². The molecule has 2 aromatic rings. The first-order chi connectivity index (χ1) is 13.0. The first-order valence-electron chi connectivity index (χ1n) is 8.76. The van der Waals surface area contributed by atoms with Crippen molar-refractivity contribution in [3.8, 4) is 11.5 Å². The van der Waals surface area contributed by atoms with Crippen LogP contribution >= 0.6 is 21.6 Å². The maximum Gasteiger partial charge on any atom is 0.221 e. The quantitative estimate of drug-likeness (QED) is 0.357. The Morgan fingerprint density at radius 2 is 1.44 bits per heavy atom. The molecule has 0 saturated heterocycles. The van der Waals surface area contributed by atoms with E-state index in [4.69, 9.17) is 5.73 Å². The first-order valence-corrected chi connectivity index (χ1v) is 11.2. The van der Waals surface area contributed by atoms with Gasteiger partial charge in [-0.3, -0.25) is 4.79 Å². The number of carbonyl (C=O) groups excluding carboxylic acids is 1. The lowest BCUT2D eigenvalue weighted by Crippen LogP contribution is -2.34. The molecule has 0 aliphatic carbocycles. The first kappa shape index (κ1) is 21.5. The van der Waals surface area contributed by atoms with Crippen molar-refractivity contribution in [2.45, 2.75) is 18.8 Å². The number of phenols is 2. The zero-order chi connectivity index (χ0) is 19.7. The summed E-state index contributed by atoms with van der Waals surface area (Å²) in [5.41, 5.74) is 6.73. The molecule has 0 spiro atoms. The van der Waals surface area contributed by atoms with Crippen LogP contribution in [0.25, 0.3) is 0 Å². The van der Waals surface area contributed by atoms with Crippen molar-refractivity contribution in [1.82, 2.24) is 5.32 Å². The Kier molecular flexibility index (Phi) is 8.34. The van der Waals surface area contributed by atoms with Gasteiger partial charge in [0.15, 0.2) is 0 Å². The summed E-state index contributed by atoms with van der Waals surface area (Å²) in [6.07, 6.45) is 0.267. The van der Waals surface area contributed by atoms with Crippen molar-refractivity contribution in [3.63, 3.8) is 0 Å². The molecule has 2 rings (SSSR count). The molecular weight excluding hydrogens is 380 g/mol. The van der Waals surface area contributed by atoms with Crippen LogP contribution in [0, 0.1) is 0 Å². The number of nitrogens with two attached hydrogens (primary N) is 1. The Labute approximate surface area is 168 Å². The zero-order valence-electron chi connectivity index (χ0n) is 15.4. The second-order valence-electron chi connectivity index (χ2n) is 6.39. The van der Waals surface area contributed by atoms with Gasteiger partial charge in [-0.1, -0.05) is 52.8 Å². The summed E-state index contributed by atoms with van der Waals surface area (Å²) in [6.45, 7) is 3.25. The normalized spacial score (nSPS) is 11.3. The minimum atomic E-state index is -0.576. The van der Waals surface area contributed by atoms with E-state index in [1.807, 2.05) is 31.2 Å². The van der Waals surface area contributed by atoms with Crippen LogP contribution in [0.4, 0.5) is 0 Å². The molecule has 0 atom stereocenters. The van der Waals surface area contributed by atoms with Crippen molar-refractivity contribution >= 4 is 27.5 Å². The number of aromatic hydroxyl groups is 2. The lowest BCUT2D eigenvalue weighted by atomic mass is 9.73.